The molecule has 1 heterocycles. The molecule has 108 valence electrons. The Hall–Kier alpha value is -0.580. The summed E-state index contributed by atoms with van der Waals surface area (Å²) in [5, 5.41) is 8.66. The number of hydrogen-bond donors (Lipinski definition) is 1. The summed E-state index contributed by atoms with van der Waals surface area (Å²) in [6.45, 7) is 6.05. The first-order valence-corrected chi connectivity index (χ1v) is 7.58. The molecule has 2 unspecified atom stereocenters. The summed E-state index contributed by atoms with van der Waals surface area (Å²) in [6, 6.07) is 0.129. The highest BCUT2D eigenvalue weighted by Gasteiger charge is 2.39. The maximum atomic E-state index is 6.36. The summed E-state index contributed by atoms with van der Waals surface area (Å²) in [7, 11) is 1.79. The average molecular weight is 286 g/mol. The number of methoxy groups -OCH3 is 1. The van der Waals surface area contributed by atoms with Crippen molar-refractivity contribution in [3.05, 3.63) is 16.9 Å². The fourth-order valence-electron chi connectivity index (χ4n) is 2.68. The van der Waals surface area contributed by atoms with Crippen LogP contribution < -0.4 is 5.32 Å². The number of rotatable bonds is 8. The highest BCUT2D eigenvalue weighted by atomic mass is 35.5. The molecule has 1 N–H and O–H groups in total. The van der Waals surface area contributed by atoms with Crippen molar-refractivity contribution >= 4 is 11.6 Å². The van der Waals surface area contributed by atoms with Gasteiger partial charge in [0, 0.05) is 13.7 Å². The number of hydrogen-bond acceptors (Lipinski definition) is 3. The van der Waals surface area contributed by atoms with Crippen LogP contribution >= 0.6 is 11.6 Å². The van der Waals surface area contributed by atoms with E-state index in [2.05, 4.69) is 24.3 Å². The summed E-state index contributed by atoms with van der Waals surface area (Å²) < 4.78 is 7.76. The fourth-order valence-corrected chi connectivity index (χ4v) is 2.94. The number of nitrogens with one attached hydrogen (secondary N) is 1. The number of halogens is 1. The molecule has 0 aromatic carbocycles. The minimum atomic E-state index is 0.129. The van der Waals surface area contributed by atoms with E-state index in [9.17, 15) is 0 Å². The lowest BCUT2D eigenvalue weighted by Crippen LogP contribution is -2.36. The number of nitrogens with zero attached hydrogens (tertiary/aromatic N) is 2. The van der Waals surface area contributed by atoms with Gasteiger partial charge in [-0.15, -0.1) is 0 Å². The molecule has 2 atom stereocenters. The highest BCUT2D eigenvalue weighted by Crippen LogP contribution is 2.41. The first kappa shape index (κ1) is 14.8. The lowest BCUT2D eigenvalue weighted by molar-refractivity contribution is 0.0484. The van der Waals surface area contributed by atoms with Crippen LogP contribution in [-0.4, -0.2) is 29.5 Å². The van der Waals surface area contributed by atoms with E-state index in [0.29, 0.717) is 5.92 Å². The van der Waals surface area contributed by atoms with Gasteiger partial charge in [0.1, 0.15) is 0 Å². The second kappa shape index (κ2) is 6.73. The second-order valence-corrected chi connectivity index (χ2v) is 5.58. The largest absolute Gasteiger partial charge is 0.379 e. The summed E-state index contributed by atoms with van der Waals surface area (Å²) in [5.74, 6) is 0.648. The summed E-state index contributed by atoms with van der Waals surface area (Å²) in [6.07, 6.45) is 5.48. The maximum absolute atomic E-state index is 6.36. The van der Waals surface area contributed by atoms with Crippen molar-refractivity contribution in [3.8, 4) is 0 Å². The van der Waals surface area contributed by atoms with Gasteiger partial charge < -0.3 is 10.1 Å². The Kier molecular flexibility index (Phi) is 5.25. The molecular weight excluding hydrogens is 262 g/mol. The molecule has 2 rings (SSSR count). The van der Waals surface area contributed by atoms with Gasteiger partial charge in [-0.3, -0.25) is 4.68 Å². The highest BCUT2D eigenvalue weighted by molar-refractivity contribution is 6.31. The SMILES string of the molecule is CCCn1ncc(Cl)c1C(NCC)C(OC)C1CC1. The topological polar surface area (TPSA) is 39.1 Å². The third-order valence-corrected chi connectivity index (χ3v) is 3.97. The molecule has 0 radical (unpaired) electrons. The van der Waals surface area contributed by atoms with E-state index in [0.717, 1.165) is 30.2 Å². The van der Waals surface area contributed by atoms with Crippen LogP contribution in [0.3, 0.4) is 0 Å². The Morgan fingerprint density at radius 3 is 2.79 bits per heavy atom. The van der Waals surface area contributed by atoms with E-state index >= 15 is 0 Å². The van der Waals surface area contributed by atoms with Crippen LogP contribution in [0.5, 0.6) is 0 Å². The summed E-state index contributed by atoms with van der Waals surface area (Å²) in [5.41, 5.74) is 1.07. The van der Waals surface area contributed by atoms with Gasteiger partial charge in [-0.05, 0) is 31.7 Å². The molecular formula is C14H24ClN3O. The van der Waals surface area contributed by atoms with Crippen LogP contribution in [0.4, 0.5) is 0 Å². The molecule has 0 aliphatic heterocycles. The molecule has 1 aromatic rings. The predicted octanol–water partition coefficient (Wildman–Crippen LogP) is 3.02. The van der Waals surface area contributed by atoms with E-state index in [-0.39, 0.29) is 12.1 Å². The molecule has 0 saturated heterocycles. The van der Waals surface area contributed by atoms with E-state index in [1.54, 1.807) is 13.3 Å². The van der Waals surface area contributed by atoms with Crippen molar-refractivity contribution in [1.29, 1.82) is 0 Å². The molecule has 1 aromatic heterocycles. The molecule has 0 bridgehead atoms. The van der Waals surface area contributed by atoms with Crippen molar-refractivity contribution in [2.45, 2.75) is 51.8 Å². The molecule has 0 spiro atoms. The average Bonchev–Trinajstić information content (AvgIpc) is 3.16. The fraction of sp³-hybridized carbons (Fsp3) is 0.786. The van der Waals surface area contributed by atoms with Crippen LogP contribution in [0.25, 0.3) is 0 Å². The van der Waals surface area contributed by atoms with E-state index in [1.165, 1.54) is 12.8 Å². The number of aryl methyl sites for hydroxylation is 1. The third kappa shape index (κ3) is 3.30. The molecule has 4 nitrogen and oxygen atoms in total. The Morgan fingerprint density at radius 1 is 1.53 bits per heavy atom. The van der Waals surface area contributed by atoms with Crippen LogP contribution in [-0.2, 0) is 11.3 Å². The van der Waals surface area contributed by atoms with Crippen molar-refractivity contribution in [2.24, 2.45) is 5.92 Å². The van der Waals surface area contributed by atoms with Gasteiger partial charge in [0.05, 0.1) is 29.1 Å². The number of aromatic nitrogens is 2. The Balaban J connectivity index is 2.28. The van der Waals surface area contributed by atoms with Gasteiger partial charge in [-0.2, -0.15) is 5.10 Å². The van der Waals surface area contributed by atoms with Crippen molar-refractivity contribution < 1.29 is 4.74 Å². The van der Waals surface area contributed by atoms with Crippen LogP contribution in [0.2, 0.25) is 5.02 Å². The van der Waals surface area contributed by atoms with Crippen LogP contribution in [0, 0.1) is 5.92 Å². The van der Waals surface area contributed by atoms with Gasteiger partial charge >= 0.3 is 0 Å². The monoisotopic (exact) mass is 285 g/mol. The second-order valence-electron chi connectivity index (χ2n) is 5.17. The Labute approximate surface area is 120 Å². The van der Waals surface area contributed by atoms with Crippen molar-refractivity contribution in [1.82, 2.24) is 15.1 Å². The van der Waals surface area contributed by atoms with E-state index in [1.807, 2.05) is 4.68 Å². The quantitative estimate of drug-likeness (QED) is 0.798. The summed E-state index contributed by atoms with van der Waals surface area (Å²) >= 11 is 6.36. The van der Waals surface area contributed by atoms with Crippen molar-refractivity contribution in [2.75, 3.05) is 13.7 Å². The summed E-state index contributed by atoms with van der Waals surface area (Å²) in [4.78, 5) is 0. The predicted molar refractivity (Wildman–Crippen MR) is 77.5 cm³/mol. The smallest absolute Gasteiger partial charge is 0.0835 e. The maximum Gasteiger partial charge on any atom is 0.0835 e. The van der Waals surface area contributed by atoms with Gasteiger partial charge in [0.15, 0.2) is 0 Å². The minimum Gasteiger partial charge on any atom is -0.379 e. The standard InChI is InChI=1S/C14H24ClN3O/c1-4-8-18-13(11(15)9-17-18)12(16-5-2)14(19-3)10-6-7-10/h9-10,12,14,16H,4-8H2,1-3H3. The zero-order chi connectivity index (χ0) is 13.8. The third-order valence-electron chi connectivity index (χ3n) is 3.67. The zero-order valence-electron chi connectivity index (χ0n) is 12.0. The van der Waals surface area contributed by atoms with Gasteiger partial charge in [-0.1, -0.05) is 25.4 Å². The number of ether oxygens (including phenoxy) is 1. The molecule has 1 fully saturated rings. The van der Waals surface area contributed by atoms with Crippen molar-refractivity contribution in [3.63, 3.8) is 0 Å². The first-order chi connectivity index (χ1) is 9.22. The molecule has 0 amide bonds. The molecule has 1 aliphatic carbocycles. The molecule has 19 heavy (non-hydrogen) atoms. The van der Waals surface area contributed by atoms with Crippen LogP contribution in [0.1, 0.15) is 44.8 Å². The Morgan fingerprint density at radius 2 is 2.26 bits per heavy atom. The van der Waals surface area contributed by atoms with Gasteiger partial charge in [-0.25, -0.2) is 0 Å². The lowest BCUT2D eigenvalue weighted by Gasteiger charge is -2.28. The van der Waals surface area contributed by atoms with Gasteiger partial charge in [0.2, 0.25) is 0 Å². The first-order valence-electron chi connectivity index (χ1n) is 7.20. The Bertz CT molecular complexity index is 403. The van der Waals surface area contributed by atoms with Gasteiger partial charge in [0.25, 0.3) is 0 Å². The molecule has 1 saturated carbocycles. The normalized spacial score (nSPS) is 18.5. The minimum absolute atomic E-state index is 0.129. The number of likely N-dealkylation sites (N-methyl/N-ethyl adjacent to an activating group) is 1. The van der Waals surface area contributed by atoms with E-state index in [4.69, 9.17) is 16.3 Å². The molecule has 1 aliphatic rings. The van der Waals surface area contributed by atoms with Crippen LogP contribution in [0.15, 0.2) is 6.20 Å². The lowest BCUT2D eigenvalue weighted by atomic mass is 10.0. The van der Waals surface area contributed by atoms with E-state index < -0.39 is 0 Å². The molecule has 5 heteroatoms. The zero-order valence-corrected chi connectivity index (χ0v) is 12.8.